The molecule has 2 nitrogen and oxygen atoms in total. The van der Waals surface area contributed by atoms with Crippen LogP contribution in [0.5, 0.6) is 5.75 Å². The average Bonchev–Trinajstić information content (AvgIpc) is 3.22. The summed E-state index contributed by atoms with van der Waals surface area (Å²) >= 11 is 0. The van der Waals surface area contributed by atoms with Crippen molar-refractivity contribution in [3.8, 4) is 5.75 Å². The van der Waals surface area contributed by atoms with E-state index in [0.717, 1.165) is 37.0 Å². The maximum atomic E-state index is 10.7. The van der Waals surface area contributed by atoms with Gasteiger partial charge in [0.1, 0.15) is 5.75 Å². The van der Waals surface area contributed by atoms with Crippen LogP contribution in [0.1, 0.15) is 50.0 Å². The SMILES string of the molecule is OC(CC1CCOc2ccccc21)C1C2CCCCC21. The van der Waals surface area contributed by atoms with E-state index in [-0.39, 0.29) is 6.10 Å². The van der Waals surface area contributed by atoms with Crippen LogP contribution in [0.3, 0.4) is 0 Å². The van der Waals surface area contributed by atoms with Gasteiger partial charge in [-0.25, -0.2) is 0 Å². The Morgan fingerprint density at radius 2 is 1.85 bits per heavy atom. The van der Waals surface area contributed by atoms with Crippen LogP contribution < -0.4 is 4.74 Å². The lowest BCUT2D eigenvalue weighted by molar-refractivity contribution is 0.114. The normalized spacial score (nSPS) is 36.5. The van der Waals surface area contributed by atoms with E-state index in [4.69, 9.17) is 4.74 Å². The highest BCUT2D eigenvalue weighted by Gasteiger charge is 2.54. The maximum absolute atomic E-state index is 10.7. The Kier molecular flexibility index (Phi) is 3.22. The predicted octanol–water partition coefficient (Wildman–Crippen LogP) is 3.74. The quantitative estimate of drug-likeness (QED) is 0.908. The molecule has 0 amide bonds. The first-order chi connectivity index (χ1) is 9.84. The molecule has 0 bridgehead atoms. The van der Waals surface area contributed by atoms with Crippen molar-refractivity contribution >= 4 is 0 Å². The van der Waals surface area contributed by atoms with Crippen LogP contribution >= 0.6 is 0 Å². The fraction of sp³-hybridized carbons (Fsp3) is 0.667. The molecule has 4 rings (SSSR count). The van der Waals surface area contributed by atoms with Gasteiger partial charge in [0.15, 0.2) is 0 Å². The minimum Gasteiger partial charge on any atom is -0.493 e. The molecule has 1 N–H and O–H groups in total. The van der Waals surface area contributed by atoms with Crippen molar-refractivity contribution < 1.29 is 9.84 Å². The zero-order valence-electron chi connectivity index (χ0n) is 12.0. The number of ether oxygens (including phenoxy) is 1. The first-order valence-corrected chi connectivity index (χ1v) is 8.24. The van der Waals surface area contributed by atoms with Gasteiger partial charge in [0.25, 0.3) is 0 Å². The first-order valence-electron chi connectivity index (χ1n) is 8.24. The number of rotatable bonds is 3. The summed E-state index contributed by atoms with van der Waals surface area (Å²) in [5, 5.41) is 10.7. The summed E-state index contributed by atoms with van der Waals surface area (Å²) < 4.78 is 5.72. The Labute approximate surface area is 121 Å². The van der Waals surface area contributed by atoms with Crippen molar-refractivity contribution in [3.05, 3.63) is 29.8 Å². The molecule has 0 spiro atoms. The summed E-state index contributed by atoms with van der Waals surface area (Å²) in [5.74, 6) is 3.80. The zero-order chi connectivity index (χ0) is 13.5. The third-order valence-corrected chi connectivity index (χ3v) is 5.78. The Hall–Kier alpha value is -1.02. The fourth-order valence-electron chi connectivity index (χ4n) is 4.73. The van der Waals surface area contributed by atoms with Crippen LogP contribution in [0.15, 0.2) is 24.3 Å². The van der Waals surface area contributed by atoms with E-state index in [1.54, 1.807) is 0 Å². The van der Waals surface area contributed by atoms with Gasteiger partial charge in [0.2, 0.25) is 0 Å². The predicted molar refractivity (Wildman–Crippen MR) is 78.9 cm³/mol. The van der Waals surface area contributed by atoms with Crippen molar-refractivity contribution in [1.82, 2.24) is 0 Å². The van der Waals surface area contributed by atoms with Crippen LogP contribution in [0.25, 0.3) is 0 Å². The smallest absolute Gasteiger partial charge is 0.122 e. The molecule has 4 unspecified atom stereocenters. The molecule has 1 aliphatic heterocycles. The zero-order valence-corrected chi connectivity index (χ0v) is 12.0. The van der Waals surface area contributed by atoms with E-state index >= 15 is 0 Å². The molecule has 2 heteroatoms. The topological polar surface area (TPSA) is 29.5 Å². The van der Waals surface area contributed by atoms with Crippen molar-refractivity contribution in [2.75, 3.05) is 6.61 Å². The third-order valence-electron chi connectivity index (χ3n) is 5.78. The van der Waals surface area contributed by atoms with Crippen molar-refractivity contribution in [3.63, 3.8) is 0 Å². The molecule has 2 aliphatic carbocycles. The monoisotopic (exact) mass is 272 g/mol. The van der Waals surface area contributed by atoms with Gasteiger partial charge in [-0.3, -0.25) is 0 Å². The molecule has 2 saturated carbocycles. The Morgan fingerprint density at radius 1 is 1.10 bits per heavy atom. The van der Waals surface area contributed by atoms with E-state index in [9.17, 15) is 5.11 Å². The van der Waals surface area contributed by atoms with Crippen LogP contribution in [0.2, 0.25) is 0 Å². The molecule has 3 aliphatic rings. The number of hydrogen-bond acceptors (Lipinski definition) is 2. The van der Waals surface area contributed by atoms with Gasteiger partial charge in [-0.1, -0.05) is 31.0 Å². The second kappa shape index (κ2) is 5.07. The molecule has 0 saturated heterocycles. The van der Waals surface area contributed by atoms with Crippen LogP contribution in [0, 0.1) is 17.8 Å². The second-order valence-corrected chi connectivity index (χ2v) is 6.86. The van der Waals surface area contributed by atoms with Gasteiger partial charge in [-0.2, -0.15) is 0 Å². The highest BCUT2D eigenvalue weighted by atomic mass is 16.5. The fourth-order valence-corrected chi connectivity index (χ4v) is 4.73. The lowest BCUT2D eigenvalue weighted by Crippen LogP contribution is -2.21. The van der Waals surface area contributed by atoms with Gasteiger partial charge in [-0.15, -0.1) is 0 Å². The molecule has 108 valence electrons. The molecule has 2 fully saturated rings. The molecule has 1 aromatic carbocycles. The highest BCUT2D eigenvalue weighted by molar-refractivity contribution is 5.37. The lowest BCUT2D eigenvalue weighted by atomic mass is 9.87. The minimum absolute atomic E-state index is 0.0979. The molecule has 0 radical (unpaired) electrons. The maximum Gasteiger partial charge on any atom is 0.122 e. The summed E-state index contributed by atoms with van der Waals surface area (Å²) in [7, 11) is 0. The molecule has 0 aromatic heterocycles. The molecule has 1 heterocycles. The average molecular weight is 272 g/mol. The van der Waals surface area contributed by atoms with Gasteiger partial charge < -0.3 is 9.84 Å². The summed E-state index contributed by atoms with van der Waals surface area (Å²) in [5.41, 5.74) is 1.31. The van der Waals surface area contributed by atoms with Gasteiger partial charge in [0.05, 0.1) is 12.7 Å². The molecule has 1 aromatic rings. The highest BCUT2D eigenvalue weighted by Crippen LogP contribution is 2.58. The minimum atomic E-state index is -0.0979. The molecule has 4 atom stereocenters. The Balaban J connectivity index is 1.45. The van der Waals surface area contributed by atoms with E-state index < -0.39 is 0 Å². The van der Waals surface area contributed by atoms with Crippen LogP contribution in [0.4, 0.5) is 0 Å². The Bertz CT molecular complexity index is 472. The van der Waals surface area contributed by atoms with Gasteiger partial charge in [0, 0.05) is 0 Å². The Morgan fingerprint density at radius 3 is 2.65 bits per heavy atom. The number of para-hydroxylation sites is 1. The van der Waals surface area contributed by atoms with Gasteiger partial charge in [-0.05, 0) is 61.0 Å². The number of benzene rings is 1. The molecular formula is C18H24O2. The van der Waals surface area contributed by atoms with Crippen LogP contribution in [-0.2, 0) is 0 Å². The summed E-state index contributed by atoms with van der Waals surface area (Å²) in [6.45, 7) is 0.798. The molecular weight excluding hydrogens is 248 g/mol. The standard InChI is InChI=1S/C18H24O2/c19-16(18-14-6-1-2-7-15(14)18)11-12-9-10-20-17-8-4-3-5-13(12)17/h3-5,8,12,14-16,18-19H,1-2,6-7,9-11H2. The number of aliphatic hydroxyl groups is 1. The van der Waals surface area contributed by atoms with Crippen molar-refractivity contribution in [2.45, 2.75) is 50.5 Å². The lowest BCUT2D eigenvalue weighted by Gasteiger charge is -2.27. The largest absolute Gasteiger partial charge is 0.493 e. The number of hydrogen-bond donors (Lipinski definition) is 1. The van der Waals surface area contributed by atoms with E-state index in [0.29, 0.717) is 11.8 Å². The second-order valence-electron chi connectivity index (χ2n) is 6.86. The third kappa shape index (κ3) is 2.14. The van der Waals surface area contributed by atoms with Crippen molar-refractivity contribution in [1.29, 1.82) is 0 Å². The molecule has 20 heavy (non-hydrogen) atoms. The summed E-state index contributed by atoms with van der Waals surface area (Å²) in [6, 6.07) is 8.35. The van der Waals surface area contributed by atoms with Crippen molar-refractivity contribution in [2.24, 2.45) is 17.8 Å². The van der Waals surface area contributed by atoms with E-state index in [1.165, 1.54) is 31.2 Å². The van der Waals surface area contributed by atoms with E-state index in [2.05, 4.69) is 18.2 Å². The summed E-state index contributed by atoms with van der Waals surface area (Å²) in [6.07, 6.45) is 7.36. The first kappa shape index (κ1) is 12.7. The van der Waals surface area contributed by atoms with E-state index in [1.807, 2.05) is 6.07 Å². The number of fused-ring (bicyclic) bond motifs is 2. The number of aliphatic hydroxyl groups excluding tert-OH is 1. The van der Waals surface area contributed by atoms with Crippen LogP contribution in [-0.4, -0.2) is 17.8 Å². The van der Waals surface area contributed by atoms with Gasteiger partial charge >= 0.3 is 0 Å². The summed E-state index contributed by atoms with van der Waals surface area (Å²) in [4.78, 5) is 0.